The van der Waals surface area contributed by atoms with Crippen molar-refractivity contribution in [3.05, 3.63) is 21.5 Å². The first-order chi connectivity index (χ1) is 19.0. The van der Waals surface area contributed by atoms with E-state index in [1.165, 1.54) is 22.7 Å². The van der Waals surface area contributed by atoms with E-state index in [1.54, 1.807) is 37.9 Å². The van der Waals surface area contributed by atoms with Gasteiger partial charge in [-0.3, -0.25) is 19.2 Å². The average Bonchev–Trinajstić information content (AvgIpc) is 3.56. The zero-order valence-corrected chi connectivity index (χ0v) is 25.3. The number of carbonyl (C=O) groups is 5. The van der Waals surface area contributed by atoms with Gasteiger partial charge in [0.05, 0.1) is 18.1 Å². The first kappa shape index (κ1) is 33.0. The largest absolute Gasteiger partial charge is 0.444 e. The lowest BCUT2D eigenvalue weighted by molar-refractivity contribution is -0.127. The molecule has 0 aliphatic carbocycles. The lowest BCUT2D eigenvalue weighted by Crippen LogP contribution is -2.45. The Bertz CT molecular complexity index is 1160. The van der Waals surface area contributed by atoms with Crippen molar-refractivity contribution in [1.82, 2.24) is 36.6 Å². The maximum absolute atomic E-state index is 12.2. The molecule has 5 amide bonds. The van der Waals surface area contributed by atoms with Gasteiger partial charge in [0.15, 0.2) is 0 Å². The van der Waals surface area contributed by atoms with E-state index >= 15 is 0 Å². The number of thioether (sulfide) groups is 1. The van der Waals surface area contributed by atoms with Gasteiger partial charge in [-0.1, -0.05) is 0 Å². The Morgan fingerprint density at radius 2 is 1.50 bits per heavy atom. The highest BCUT2D eigenvalue weighted by atomic mass is 32.2. The Labute approximate surface area is 245 Å². The quantitative estimate of drug-likeness (QED) is 0.184. The van der Waals surface area contributed by atoms with Gasteiger partial charge in [-0.05, 0) is 39.2 Å². The van der Waals surface area contributed by atoms with Crippen molar-refractivity contribution >= 4 is 64.2 Å². The van der Waals surface area contributed by atoms with Crippen LogP contribution in [0.1, 0.15) is 42.7 Å². The second-order valence-corrected chi connectivity index (χ2v) is 12.1. The lowest BCUT2D eigenvalue weighted by Gasteiger charge is -2.19. The molecule has 0 fully saturated rings. The number of hydrogen-bond donors (Lipinski definition) is 5. The topological polar surface area (TPSA) is 181 Å². The SMILES string of the molecule is CSCCCNC(=O)c1csc(-c2csc(CCNC(=O)CNC(=O)CNC(=O)CNC(=O)OC(C)(C)C)n2)n1. The molecule has 40 heavy (non-hydrogen) atoms. The van der Waals surface area contributed by atoms with Crippen LogP contribution in [0.2, 0.25) is 0 Å². The van der Waals surface area contributed by atoms with Crippen molar-refractivity contribution in [2.45, 2.75) is 39.2 Å². The van der Waals surface area contributed by atoms with Gasteiger partial charge in [0, 0.05) is 30.3 Å². The summed E-state index contributed by atoms with van der Waals surface area (Å²) in [5.41, 5.74) is 0.349. The number of carbonyl (C=O) groups excluding carboxylic acids is 5. The Kier molecular flexibility index (Phi) is 13.8. The molecule has 2 aromatic rings. The van der Waals surface area contributed by atoms with Gasteiger partial charge in [-0.15, -0.1) is 22.7 Å². The number of nitrogens with one attached hydrogen (secondary N) is 5. The van der Waals surface area contributed by atoms with Crippen molar-refractivity contribution in [3.8, 4) is 10.7 Å². The minimum absolute atomic E-state index is 0.202. The standard InChI is InChI=1S/C24H35N7O6S3/c1-24(2,3)37-23(36)29-12-19(34)28-11-18(33)27-10-17(32)25-8-6-20-30-16(14-39-20)22-31-15(13-40-22)21(35)26-7-5-9-38-4/h13-14H,5-12H2,1-4H3,(H,25,32)(H,26,35)(H,27,33)(H,28,34)(H,29,36). The van der Waals surface area contributed by atoms with Gasteiger partial charge < -0.3 is 31.3 Å². The number of aromatic nitrogens is 2. The van der Waals surface area contributed by atoms with E-state index in [-0.39, 0.29) is 25.5 Å². The first-order valence-electron chi connectivity index (χ1n) is 12.4. The minimum atomic E-state index is -0.743. The molecule has 0 saturated carbocycles. The highest BCUT2D eigenvalue weighted by molar-refractivity contribution is 7.98. The molecule has 16 heteroatoms. The molecular weight excluding hydrogens is 579 g/mol. The van der Waals surface area contributed by atoms with Crippen LogP contribution in [0.4, 0.5) is 4.79 Å². The Balaban J connectivity index is 1.62. The lowest BCUT2D eigenvalue weighted by atomic mass is 10.2. The molecule has 0 radical (unpaired) electrons. The molecule has 220 valence electrons. The van der Waals surface area contributed by atoms with E-state index in [0.29, 0.717) is 35.9 Å². The fourth-order valence-electron chi connectivity index (χ4n) is 2.85. The number of alkyl carbamates (subject to hydrolysis) is 1. The summed E-state index contributed by atoms with van der Waals surface area (Å²) >= 11 is 4.50. The third kappa shape index (κ3) is 13.2. The first-order valence-corrected chi connectivity index (χ1v) is 15.6. The van der Waals surface area contributed by atoms with E-state index in [9.17, 15) is 24.0 Å². The smallest absolute Gasteiger partial charge is 0.408 e. The number of rotatable bonds is 15. The molecule has 2 heterocycles. The van der Waals surface area contributed by atoms with Crippen LogP contribution < -0.4 is 26.6 Å². The fourth-order valence-corrected chi connectivity index (χ4v) is 4.90. The number of amides is 5. The van der Waals surface area contributed by atoms with E-state index in [4.69, 9.17) is 4.74 Å². The second kappa shape index (κ2) is 16.8. The van der Waals surface area contributed by atoms with Gasteiger partial charge >= 0.3 is 6.09 Å². The Morgan fingerprint density at radius 1 is 0.850 bits per heavy atom. The van der Waals surface area contributed by atoms with Gasteiger partial charge in [0.1, 0.15) is 28.5 Å². The average molecular weight is 614 g/mol. The Morgan fingerprint density at radius 3 is 2.15 bits per heavy atom. The summed E-state index contributed by atoms with van der Waals surface area (Å²) in [5.74, 6) is -0.742. The minimum Gasteiger partial charge on any atom is -0.444 e. The van der Waals surface area contributed by atoms with Crippen LogP contribution >= 0.6 is 34.4 Å². The summed E-state index contributed by atoms with van der Waals surface area (Å²) < 4.78 is 5.01. The molecule has 2 aromatic heterocycles. The van der Waals surface area contributed by atoms with E-state index in [1.807, 2.05) is 11.6 Å². The van der Waals surface area contributed by atoms with Crippen LogP contribution in [-0.2, 0) is 25.5 Å². The summed E-state index contributed by atoms with van der Waals surface area (Å²) in [7, 11) is 0. The van der Waals surface area contributed by atoms with Crippen molar-refractivity contribution in [3.63, 3.8) is 0 Å². The molecule has 0 aromatic carbocycles. The summed E-state index contributed by atoms with van der Waals surface area (Å²) in [4.78, 5) is 68.3. The highest BCUT2D eigenvalue weighted by Gasteiger charge is 2.17. The van der Waals surface area contributed by atoms with Gasteiger partial charge in [0.2, 0.25) is 17.7 Å². The van der Waals surface area contributed by atoms with Crippen molar-refractivity contribution < 1.29 is 28.7 Å². The van der Waals surface area contributed by atoms with Gasteiger partial charge in [-0.2, -0.15) is 11.8 Å². The van der Waals surface area contributed by atoms with Crippen molar-refractivity contribution in [1.29, 1.82) is 0 Å². The van der Waals surface area contributed by atoms with Gasteiger partial charge in [-0.25, -0.2) is 14.8 Å². The van der Waals surface area contributed by atoms with Crippen LogP contribution in [0.5, 0.6) is 0 Å². The second-order valence-electron chi connectivity index (χ2n) is 9.28. The molecule has 0 saturated heterocycles. The maximum Gasteiger partial charge on any atom is 0.408 e. The molecule has 0 aliphatic rings. The van der Waals surface area contributed by atoms with Crippen molar-refractivity contribution in [2.75, 3.05) is 44.7 Å². The predicted octanol–water partition coefficient (Wildman–Crippen LogP) is 1.17. The van der Waals surface area contributed by atoms with Gasteiger partial charge in [0.25, 0.3) is 5.91 Å². The van der Waals surface area contributed by atoms with E-state index < -0.39 is 29.4 Å². The summed E-state index contributed by atoms with van der Waals surface area (Å²) in [6.45, 7) is 5.06. The van der Waals surface area contributed by atoms with E-state index in [0.717, 1.165) is 17.2 Å². The fraction of sp³-hybridized carbons (Fsp3) is 0.542. The molecule has 13 nitrogen and oxygen atoms in total. The molecular formula is C24H35N7O6S3. The molecule has 2 rings (SSSR count). The number of thiazole rings is 2. The molecule has 0 bridgehead atoms. The normalized spacial score (nSPS) is 10.9. The van der Waals surface area contributed by atoms with Crippen LogP contribution in [0.15, 0.2) is 10.8 Å². The monoisotopic (exact) mass is 613 g/mol. The third-order valence-electron chi connectivity index (χ3n) is 4.66. The summed E-state index contributed by atoms with van der Waals surface area (Å²) in [6, 6.07) is 0. The maximum atomic E-state index is 12.2. The number of nitrogens with zero attached hydrogens (tertiary/aromatic N) is 2. The molecule has 0 aliphatic heterocycles. The number of ether oxygens (including phenoxy) is 1. The Hall–Kier alpha value is -3.24. The third-order valence-corrected chi connectivity index (χ3v) is 7.13. The zero-order valence-electron chi connectivity index (χ0n) is 22.9. The van der Waals surface area contributed by atoms with Crippen LogP contribution in [0.3, 0.4) is 0 Å². The molecule has 5 N–H and O–H groups in total. The van der Waals surface area contributed by atoms with Crippen LogP contribution in [-0.4, -0.2) is 90.0 Å². The molecule has 0 spiro atoms. The number of hydrogen-bond acceptors (Lipinski definition) is 11. The van der Waals surface area contributed by atoms with E-state index in [2.05, 4.69) is 36.6 Å². The van der Waals surface area contributed by atoms with Crippen molar-refractivity contribution in [2.24, 2.45) is 0 Å². The zero-order chi connectivity index (χ0) is 29.5. The molecule has 0 atom stereocenters. The van der Waals surface area contributed by atoms with Crippen LogP contribution in [0, 0.1) is 0 Å². The summed E-state index contributed by atoms with van der Waals surface area (Å²) in [6.07, 6.45) is 2.66. The predicted molar refractivity (Wildman–Crippen MR) is 156 cm³/mol. The van der Waals surface area contributed by atoms with Crippen LogP contribution in [0.25, 0.3) is 10.7 Å². The summed E-state index contributed by atoms with van der Waals surface area (Å²) in [5, 5.41) is 17.6. The molecule has 0 unspecified atom stereocenters. The highest BCUT2D eigenvalue weighted by Crippen LogP contribution is 2.25.